The standard InChI is InChI=1S/C32H42N4O7.C21H30N2O5.2C14H18O2.C11H14N2O2.C10H18O3/c1-5-29(39)33-23-15-21(16-24(19-23)34-30(40)6-2)27(37)11-9-13-43-14-10-12-28(38)22-17-25(35-31(41)7-3)20-26(18-22)36-32(42)8-4;1-4-20(26)22-17-12-16(13-18(14-17)23-21(27)5-2)19(25)9-7-11-28-10-6-8-15(3)24;2*1-3-13(15)9-11-7-5-6-8-12(11)10-14(16)4-2;1-3-11(15)13-10-7-5-4-6-9(10)12-8(2)14;1-9(11)5-3-7-13-8-4-6-10(2)12/h15-20H,5-14H2,1-4H3,(H,33,39)(H,34,40)(H,35,41)(H,36,42);12-14H,4-11H2,1-3H3,(H,22,26)(H,23,27);2*5-8H,3-4,9-10H2,1-2H3;4-7H,3H2,1-2H3,(H,12,14)(H,13,15);3-8H2,1-2H3. The highest BCUT2D eigenvalue weighted by Gasteiger charge is 2.18. The van der Waals surface area contributed by atoms with Crippen LogP contribution in [0.1, 0.15) is 305 Å². The van der Waals surface area contributed by atoms with Crippen molar-refractivity contribution in [3.8, 4) is 0 Å². The molecule has 0 atom stereocenters. The molecule has 131 heavy (non-hydrogen) atoms. The van der Waals surface area contributed by atoms with E-state index >= 15 is 0 Å². The van der Waals surface area contributed by atoms with E-state index in [0.717, 1.165) is 35.1 Å². The highest BCUT2D eigenvalue weighted by molar-refractivity contribution is 6.05. The van der Waals surface area contributed by atoms with Gasteiger partial charge in [0.15, 0.2) is 17.3 Å². The number of carbonyl (C=O) groups excluding carboxylic acids is 18. The van der Waals surface area contributed by atoms with Gasteiger partial charge in [0.2, 0.25) is 47.3 Å². The number of hydrogen-bond acceptors (Lipinski definition) is 21. The Morgan fingerprint density at radius 2 is 0.420 bits per heavy atom. The number of amides is 8. The Morgan fingerprint density at radius 3 is 0.611 bits per heavy atom. The van der Waals surface area contributed by atoms with E-state index in [-0.39, 0.29) is 144 Å². The smallest absolute Gasteiger partial charge is 0.224 e. The van der Waals surface area contributed by atoms with Crippen molar-refractivity contribution in [2.75, 3.05) is 82.2 Å². The van der Waals surface area contributed by atoms with Gasteiger partial charge < -0.3 is 71.1 Å². The van der Waals surface area contributed by atoms with Gasteiger partial charge in [0.1, 0.15) is 40.5 Å². The number of rotatable bonds is 54. The van der Waals surface area contributed by atoms with Crippen LogP contribution < -0.4 is 42.5 Å². The summed E-state index contributed by atoms with van der Waals surface area (Å²) < 4.78 is 16.3. The molecule has 6 aromatic rings. The molecule has 0 fully saturated rings. The zero-order valence-corrected chi connectivity index (χ0v) is 79.5. The molecule has 8 N–H and O–H groups in total. The van der Waals surface area contributed by atoms with Crippen molar-refractivity contribution in [1.29, 1.82) is 0 Å². The Kier molecular flexibility index (Phi) is 62.0. The lowest BCUT2D eigenvalue weighted by atomic mass is 9.97. The number of Topliss-reactive ketones (excluding diaryl/α,β-unsaturated/α-hetero) is 10. The second kappa shape index (κ2) is 69.6. The van der Waals surface area contributed by atoms with Gasteiger partial charge in [-0.25, -0.2) is 0 Å². The Labute approximate surface area is 772 Å². The number of ether oxygens (including phenoxy) is 3. The van der Waals surface area contributed by atoms with E-state index in [1.807, 2.05) is 76.2 Å². The van der Waals surface area contributed by atoms with Crippen LogP contribution in [-0.4, -0.2) is 145 Å². The number of carbonyl (C=O) groups is 18. The molecule has 0 saturated heterocycles. The molecular formula is C102H140N8O21. The van der Waals surface area contributed by atoms with Gasteiger partial charge in [-0.2, -0.15) is 0 Å². The molecule has 6 rings (SSSR count). The highest BCUT2D eigenvalue weighted by Crippen LogP contribution is 2.27. The maximum atomic E-state index is 12.8. The zero-order chi connectivity index (χ0) is 98.0. The third-order valence-corrected chi connectivity index (χ3v) is 19.1. The highest BCUT2D eigenvalue weighted by atomic mass is 16.5. The van der Waals surface area contributed by atoms with Gasteiger partial charge in [-0.3, -0.25) is 71.9 Å². The van der Waals surface area contributed by atoms with Crippen LogP contribution in [0.4, 0.5) is 45.5 Å². The van der Waals surface area contributed by atoms with Crippen molar-refractivity contribution >= 4 is 151 Å². The lowest BCUT2D eigenvalue weighted by Gasteiger charge is -2.12. The molecule has 0 aliphatic rings. The summed E-state index contributed by atoms with van der Waals surface area (Å²) in [6.45, 7) is 28.5. The lowest BCUT2D eigenvalue weighted by molar-refractivity contribution is -0.119. The minimum Gasteiger partial charge on any atom is -0.381 e. The van der Waals surface area contributed by atoms with Gasteiger partial charge in [-0.1, -0.05) is 137 Å². The van der Waals surface area contributed by atoms with E-state index in [1.165, 1.54) is 6.92 Å². The van der Waals surface area contributed by atoms with E-state index in [0.29, 0.717) is 224 Å². The summed E-state index contributed by atoms with van der Waals surface area (Å²) in [4.78, 5) is 209. The van der Waals surface area contributed by atoms with Crippen LogP contribution >= 0.6 is 0 Å². The molecule has 0 aliphatic heterocycles. The topological polar surface area (TPSA) is 431 Å². The third kappa shape index (κ3) is 55.3. The third-order valence-electron chi connectivity index (χ3n) is 19.1. The van der Waals surface area contributed by atoms with Crippen LogP contribution in [-0.2, 0) is 112 Å². The van der Waals surface area contributed by atoms with E-state index in [4.69, 9.17) is 14.2 Å². The molecule has 714 valence electrons. The van der Waals surface area contributed by atoms with Crippen LogP contribution in [0.5, 0.6) is 0 Å². The van der Waals surface area contributed by atoms with Gasteiger partial charge in [-0.15, -0.1) is 0 Å². The quantitative estimate of drug-likeness (QED) is 0.0130. The molecule has 0 spiro atoms. The minimum absolute atomic E-state index is 0.0761. The Morgan fingerprint density at radius 1 is 0.229 bits per heavy atom. The number of benzene rings is 6. The first-order valence-corrected chi connectivity index (χ1v) is 45.5. The SMILES string of the molecule is CC(=O)CCCOCCCC(C)=O.CCC(=O)Cc1ccccc1CC(=O)CC.CCC(=O)Cc1ccccc1CC(=O)CC.CCC(=O)Nc1cc(NC(=O)CC)cc(C(=O)CCCOCCCC(=O)c2cc(NC(=O)CC)cc(NC(=O)CC)c2)c1.CCC(=O)Nc1cc(NC(=O)CC)cc(C(=O)CCCOCCCC(C)=O)c1.CCC(=O)Nc1ccccc1NC(C)=O. The van der Waals surface area contributed by atoms with Crippen molar-refractivity contribution in [3.05, 3.63) is 166 Å². The Bertz CT molecular complexity index is 4350. The summed E-state index contributed by atoms with van der Waals surface area (Å²) in [5, 5.41) is 21.7. The Hall–Kier alpha value is -12.3. The Balaban J connectivity index is 0.000000839. The first kappa shape index (κ1) is 117. The first-order valence-electron chi connectivity index (χ1n) is 45.5. The predicted molar refractivity (Wildman–Crippen MR) is 514 cm³/mol. The molecule has 0 radical (unpaired) electrons. The van der Waals surface area contributed by atoms with Gasteiger partial charge >= 0.3 is 0 Å². The average molecular weight is 1810 g/mol. The largest absolute Gasteiger partial charge is 0.381 e. The van der Waals surface area contributed by atoms with Gasteiger partial charge in [0.05, 0.1) is 11.4 Å². The van der Waals surface area contributed by atoms with Crippen molar-refractivity contribution < 1.29 is 101 Å². The molecule has 8 amide bonds. The van der Waals surface area contributed by atoms with E-state index in [1.54, 1.807) is 148 Å². The summed E-state index contributed by atoms with van der Waals surface area (Å²) in [7, 11) is 0. The van der Waals surface area contributed by atoms with E-state index < -0.39 is 0 Å². The van der Waals surface area contributed by atoms with Crippen LogP contribution in [0.25, 0.3) is 0 Å². The molecule has 29 heteroatoms. The first-order chi connectivity index (χ1) is 62.5. The predicted octanol–water partition coefficient (Wildman–Crippen LogP) is 18.6. The molecule has 0 bridgehead atoms. The van der Waals surface area contributed by atoms with Crippen LogP contribution in [0.3, 0.4) is 0 Å². The van der Waals surface area contributed by atoms with Gasteiger partial charge in [-0.05, 0) is 148 Å². The van der Waals surface area contributed by atoms with Crippen molar-refractivity contribution in [2.24, 2.45) is 0 Å². The van der Waals surface area contributed by atoms with Crippen molar-refractivity contribution in [3.63, 3.8) is 0 Å². The molecule has 6 aromatic carbocycles. The van der Waals surface area contributed by atoms with E-state index in [9.17, 15) is 86.3 Å². The number of anilines is 8. The molecule has 0 heterocycles. The fraction of sp³-hybridized carbons (Fsp3) is 0.471. The summed E-state index contributed by atoms with van der Waals surface area (Å²) >= 11 is 0. The normalized spacial score (nSPS) is 10.2. The number of ketones is 10. The summed E-state index contributed by atoms with van der Waals surface area (Å²) in [5.41, 5.74) is 9.09. The second-order valence-electron chi connectivity index (χ2n) is 30.6. The van der Waals surface area contributed by atoms with Crippen molar-refractivity contribution in [2.45, 2.75) is 277 Å². The average Bonchev–Trinajstić information content (AvgIpc) is 0.839. The summed E-state index contributed by atoms with van der Waals surface area (Å²) in [5.74, 6) is -0.375. The monoisotopic (exact) mass is 1810 g/mol. The molecule has 0 aliphatic carbocycles. The molecule has 0 saturated carbocycles. The molecular weight excluding hydrogens is 1670 g/mol. The molecule has 29 nitrogen and oxygen atoms in total. The fourth-order valence-electron chi connectivity index (χ4n) is 11.6. The van der Waals surface area contributed by atoms with Gasteiger partial charge in [0.25, 0.3) is 0 Å². The number of hydrogen-bond donors (Lipinski definition) is 8. The lowest BCUT2D eigenvalue weighted by Crippen LogP contribution is -2.14. The summed E-state index contributed by atoms with van der Waals surface area (Å²) in [6, 6.07) is 36.9. The minimum atomic E-state index is -0.205. The maximum absolute atomic E-state index is 12.8. The molecule has 0 aromatic heterocycles. The molecule has 0 unspecified atom stereocenters. The fourth-order valence-corrected chi connectivity index (χ4v) is 11.6. The number of nitrogens with one attached hydrogen (secondary N) is 8. The zero-order valence-electron chi connectivity index (χ0n) is 79.5. The van der Waals surface area contributed by atoms with Crippen LogP contribution in [0.2, 0.25) is 0 Å². The summed E-state index contributed by atoms with van der Waals surface area (Å²) in [6.07, 6.45) is 12.2. The maximum Gasteiger partial charge on any atom is 0.224 e. The van der Waals surface area contributed by atoms with Gasteiger partial charge in [0, 0.05) is 232 Å². The van der Waals surface area contributed by atoms with Crippen molar-refractivity contribution in [1.82, 2.24) is 0 Å². The van der Waals surface area contributed by atoms with Crippen LogP contribution in [0, 0.1) is 0 Å². The second-order valence-corrected chi connectivity index (χ2v) is 30.6. The number of para-hydroxylation sites is 2. The van der Waals surface area contributed by atoms with Crippen LogP contribution in [0.15, 0.2) is 127 Å². The van der Waals surface area contributed by atoms with E-state index in [2.05, 4.69) is 42.5 Å².